The van der Waals surface area contributed by atoms with Crippen LogP contribution in [-0.4, -0.2) is 71.6 Å². The average molecular weight is 577 g/mol. The van der Waals surface area contributed by atoms with Gasteiger partial charge in [-0.3, -0.25) is 14.5 Å². The largest absolute Gasteiger partial charge is 0.477 e. The van der Waals surface area contributed by atoms with Gasteiger partial charge in [-0.25, -0.2) is 9.78 Å². The van der Waals surface area contributed by atoms with E-state index in [1.54, 1.807) is 17.1 Å². The number of hydrogen-bond acceptors (Lipinski definition) is 12. The van der Waals surface area contributed by atoms with Crippen molar-refractivity contribution in [2.45, 2.75) is 27.0 Å². The summed E-state index contributed by atoms with van der Waals surface area (Å²) < 4.78 is 1.60. The van der Waals surface area contributed by atoms with Gasteiger partial charge in [0.15, 0.2) is 13.8 Å². The first-order valence-corrected chi connectivity index (χ1v) is 14.8. The zero-order valence-corrected chi connectivity index (χ0v) is 22.2. The third kappa shape index (κ3) is 5.09. The van der Waals surface area contributed by atoms with Crippen LogP contribution in [-0.2, 0) is 14.4 Å². The maximum absolute atomic E-state index is 12.9. The molecule has 0 aliphatic carbocycles. The molecule has 2 aliphatic rings. The van der Waals surface area contributed by atoms with E-state index < -0.39 is 29.2 Å². The standard InChI is InChI=1S/C18H17ClN6O4S5/c1-2-30-17-23-24-18(34-17)33-5-7-4-31-14-10(13(27)25(14)11(7)15(28)29)22-12(26)8(3-19)9-6-32-16(20)21-9/h3,6,10,14H,2,4-5H2,1H3,(H2,20,21)(H,22,26)(H,28,29)/b8-3+/t10?,14-/m1/s1. The summed E-state index contributed by atoms with van der Waals surface area (Å²) in [7, 11) is 0. The molecule has 0 spiro atoms. The number of carbonyl (C=O) groups excluding carboxylic acids is 2. The molecule has 2 aromatic rings. The number of thiazole rings is 1. The van der Waals surface area contributed by atoms with Gasteiger partial charge in [-0.15, -0.1) is 33.3 Å². The lowest BCUT2D eigenvalue weighted by Crippen LogP contribution is -2.70. The van der Waals surface area contributed by atoms with Crippen molar-refractivity contribution in [3.8, 4) is 0 Å². The zero-order chi connectivity index (χ0) is 24.4. The molecule has 34 heavy (non-hydrogen) atoms. The van der Waals surface area contributed by atoms with Crippen LogP contribution in [0.2, 0.25) is 0 Å². The summed E-state index contributed by atoms with van der Waals surface area (Å²) in [5.74, 6) is -0.588. The number of anilines is 1. The summed E-state index contributed by atoms with van der Waals surface area (Å²) >= 11 is 12.8. The van der Waals surface area contributed by atoms with Crippen molar-refractivity contribution < 1.29 is 19.5 Å². The minimum Gasteiger partial charge on any atom is -0.477 e. The molecule has 2 aromatic heterocycles. The smallest absolute Gasteiger partial charge is 0.352 e. The monoisotopic (exact) mass is 576 g/mol. The van der Waals surface area contributed by atoms with Crippen LogP contribution in [0.5, 0.6) is 0 Å². The molecular formula is C18H17ClN6O4S5. The number of nitrogens with two attached hydrogens (primary N) is 1. The first kappa shape index (κ1) is 25.3. The van der Waals surface area contributed by atoms with Crippen molar-refractivity contribution >= 4 is 98.0 Å². The molecule has 2 aliphatic heterocycles. The highest BCUT2D eigenvalue weighted by Crippen LogP contribution is 2.42. The number of aliphatic carboxylic acids is 1. The second-order valence-electron chi connectivity index (χ2n) is 6.77. The Morgan fingerprint density at radius 2 is 2.12 bits per heavy atom. The van der Waals surface area contributed by atoms with Crippen LogP contribution in [0, 0.1) is 0 Å². The van der Waals surface area contributed by atoms with E-state index >= 15 is 0 Å². The Kier molecular flexibility index (Phi) is 8.09. The van der Waals surface area contributed by atoms with Gasteiger partial charge in [-0.1, -0.05) is 53.4 Å². The number of amides is 2. The summed E-state index contributed by atoms with van der Waals surface area (Å²) in [6.07, 6.45) is 0. The molecule has 2 atom stereocenters. The lowest BCUT2D eigenvalue weighted by atomic mass is 10.0. The molecule has 4 heterocycles. The molecule has 4 N–H and O–H groups in total. The number of β-lactam (4-membered cyclic amide) rings is 1. The highest BCUT2D eigenvalue weighted by molar-refractivity contribution is 8.03. The summed E-state index contributed by atoms with van der Waals surface area (Å²) in [4.78, 5) is 42.9. The van der Waals surface area contributed by atoms with Crippen LogP contribution in [0.25, 0.3) is 5.57 Å². The van der Waals surface area contributed by atoms with Gasteiger partial charge >= 0.3 is 5.97 Å². The first-order chi connectivity index (χ1) is 16.3. The molecule has 1 fully saturated rings. The van der Waals surface area contributed by atoms with E-state index in [-0.39, 0.29) is 16.4 Å². The SMILES string of the molecule is CCSc1nnc(SCC2=C(C(=O)O)N3C(=O)C(NC(=O)/C(=C/Cl)c4csc(N)n4)[C@H]3SC2)s1. The van der Waals surface area contributed by atoms with Gasteiger partial charge in [-0.05, 0) is 11.3 Å². The second-order valence-corrected chi connectivity index (χ2v) is 12.7. The number of aromatic nitrogens is 3. The molecule has 180 valence electrons. The van der Waals surface area contributed by atoms with Crippen LogP contribution >= 0.6 is 69.6 Å². The predicted octanol–water partition coefficient (Wildman–Crippen LogP) is 2.80. The molecule has 0 aromatic carbocycles. The number of nitrogens with one attached hydrogen (secondary N) is 1. The first-order valence-electron chi connectivity index (χ1n) is 9.65. The maximum Gasteiger partial charge on any atom is 0.352 e. The fraction of sp³-hybridized carbons (Fsp3) is 0.333. The zero-order valence-electron chi connectivity index (χ0n) is 17.4. The summed E-state index contributed by atoms with van der Waals surface area (Å²) in [5.41, 5.74) is 7.66. The van der Waals surface area contributed by atoms with Gasteiger partial charge in [-0.2, -0.15) is 0 Å². The number of carboxylic acid groups (broad SMARTS) is 1. The molecule has 0 bridgehead atoms. The predicted molar refractivity (Wildman–Crippen MR) is 137 cm³/mol. The molecule has 16 heteroatoms. The summed E-state index contributed by atoms with van der Waals surface area (Å²) in [6.45, 7) is 2.03. The van der Waals surface area contributed by atoms with Crippen LogP contribution in [0.4, 0.5) is 5.13 Å². The highest BCUT2D eigenvalue weighted by atomic mass is 35.5. The quantitative estimate of drug-likeness (QED) is 0.229. The molecule has 1 unspecified atom stereocenters. The van der Waals surface area contributed by atoms with Crippen molar-refractivity contribution in [1.29, 1.82) is 0 Å². The lowest BCUT2D eigenvalue weighted by Gasteiger charge is -2.49. The van der Waals surface area contributed by atoms with Crippen LogP contribution in [0.3, 0.4) is 0 Å². The highest BCUT2D eigenvalue weighted by Gasteiger charge is 2.54. The number of thioether (sulfide) groups is 3. The van der Waals surface area contributed by atoms with Crippen LogP contribution in [0.1, 0.15) is 12.6 Å². The van der Waals surface area contributed by atoms with Crippen LogP contribution in [0.15, 0.2) is 30.9 Å². The number of halogens is 1. The number of carbonyl (C=O) groups is 3. The summed E-state index contributed by atoms with van der Waals surface area (Å²) in [6, 6.07) is -0.875. The second kappa shape index (κ2) is 10.9. The van der Waals surface area contributed by atoms with Gasteiger partial charge in [0.25, 0.3) is 11.8 Å². The van der Waals surface area contributed by atoms with E-state index in [0.717, 1.165) is 31.3 Å². The maximum atomic E-state index is 12.9. The minimum atomic E-state index is -1.18. The van der Waals surface area contributed by atoms with Crippen molar-refractivity contribution in [1.82, 2.24) is 25.4 Å². The number of carboxylic acids is 1. The molecule has 1 saturated heterocycles. The molecule has 0 saturated carbocycles. The van der Waals surface area contributed by atoms with Gasteiger partial charge < -0.3 is 16.2 Å². The molecule has 0 radical (unpaired) electrons. The van der Waals surface area contributed by atoms with Crippen molar-refractivity contribution in [3.05, 3.63) is 27.9 Å². The van der Waals surface area contributed by atoms with Crippen molar-refractivity contribution in [3.63, 3.8) is 0 Å². The van der Waals surface area contributed by atoms with Crippen molar-refractivity contribution in [2.75, 3.05) is 23.0 Å². The van der Waals surface area contributed by atoms with E-state index in [9.17, 15) is 19.5 Å². The Balaban J connectivity index is 1.45. The van der Waals surface area contributed by atoms with Crippen molar-refractivity contribution in [2.24, 2.45) is 0 Å². The molecular weight excluding hydrogens is 560 g/mol. The topological polar surface area (TPSA) is 151 Å². The molecule has 4 rings (SSSR count). The number of nitrogens with zero attached hydrogens (tertiary/aromatic N) is 4. The Morgan fingerprint density at radius 1 is 1.38 bits per heavy atom. The van der Waals surface area contributed by atoms with E-state index in [2.05, 4.69) is 20.5 Å². The Labute approximate surface area is 219 Å². The average Bonchev–Trinajstić information content (AvgIpc) is 3.44. The Bertz CT molecular complexity index is 1200. The van der Waals surface area contributed by atoms with Gasteiger partial charge in [0.1, 0.15) is 17.1 Å². The third-order valence-corrected chi connectivity index (χ3v) is 10.1. The van der Waals surface area contributed by atoms with Crippen LogP contribution < -0.4 is 11.1 Å². The third-order valence-electron chi connectivity index (χ3n) is 4.71. The fourth-order valence-corrected chi connectivity index (χ4v) is 8.41. The minimum absolute atomic E-state index is 0.0418. The molecule has 2 amide bonds. The number of fused-ring (bicyclic) bond motifs is 1. The normalized spacial score (nSPS) is 20.2. The van der Waals surface area contributed by atoms with Gasteiger partial charge in [0, 0.05) is 22.4 Å². The molecule has 10 nitrogen and oxygen atoms in total. The van der Waals surface area contributed by atoms with Gasteiger partial charge in [0.05, 0.1) is 11.3 Å². The van der Waals surface area contributed by atoms with E-state index in [4.69, 9.17) is 17.3 Å². The Morgan fingerprint density at radius 3 is 2.74 bits per heavy atom. The number of hydrogen-bond donors (Lipinski definition) is 3. The summed E-state index contributed by atoms with van der Waals surface area (Å²) in [5, 5.41) is 22.1. The lowest BCUT2D eigenvalue weighted by molar-refractivity contribution is -0.150. The van der Waals surface area contributed by atoms with Gasteiger partial charge in [0.2, 0.25) is 0 Å². The number of rotatable bonds is 9. The number of nitrogen functional groups attached to an aromatic ring is 1. The van der Waals surface area contributed by atoms with E-state index in [0.29, 0.717) is 22.8 Å². The van der Waals surface area contributed by atoms with E-state index in [1.165, 1.54) is 39.8 Å². The Hall–Kier alpha value is -1.78. The fourth-order valence-electron chi connectivity index (χ4n) is 3.23. The van der Waals surface area contributed by atoms with E-state index in [1.807, 2.05) is 6.92 Å².